The van der Waals surface area contributed by atoms with Crippen molar-refractivity contribution in [1.82, 2.24) is 10.3 Å². The summed E-state index contributed by atoms with van der Waals surface area (Å²) in [5.41, 5.74) is 2.12. The Morgan fingerprint density at radius 3 is 2.30 bits per heavy atom. The molecule has 0 saturated carbocycles. The van der Waals surface area contributed by atoms with E-state index in [9.17, 15) is 19.2 Å². The van der Waals surface area contributed by atoms with E-state index >= 15 is 0 Å². The second-order valence-corrected chi connectivity index (χ2v) is 6.84. The molecule has 1 aromatic carbocycles. The standard InChI is InChI=1S/C22H26N2O6/c1-5-29-21(27)19-13(2)20(23-14(19)3)22(28)30-12-18(26)24-17(15(4)25)11-16-9-7-6-8-10-16/h6-10,17,23H,5,11-12H2,1-4H3,(H,24,26)/t17-/m0/s1. The fraction of sp³-hybridized carbons (Fsp3) is 0.364. The maximum atomic E-state index is 12.4. The van der Waals surface area contributed by atoms with Crippen LogP contribution in [0.2, 0.25) is 0 Å². The van der Waals surface area contributed by atoms with Gasteiger partial charge in [-0.2, -0.15) is 0 Å². The lowest BCUT2D eigenvalue weighted by atomic mass is 10.0. The molecule has 0 fully saturated rings. The van der Waals surface area contributed by atoms with Gasteiger partial charge in [0.15, 0.2) is 12.4 Å². The molecule has 0 spiro atoms. The molecule has 0 unspecified atom stereocenters. The summed E-state index contributed by atoms with van der Waals surface area (Å²) < 4.78 is 10.1. The third-order valence-corrected chi connectivity index (χ3v) is 4.56. The number of rotatable bonds is 9. The molecule has 1 heterocycles. The van der Waals surface area contributed by atoms with Crippen LogP contribution in [0.1, 0.15) is 51.5 Å². The second kappa shape index (κ2) is 10.4. The topological polar surface area (TPSA) is 115 Å². The van der Waals surface area contributed by atoms with Crippen LogP contribution in [0, 0.1) is 13.8 Å². The highest BCUT2D eigenvalue weighted by atomic mass is 16.5. The zero-order valence-electron chi connectivity index (χ0n) is 17.5. The minimum atomic E-state index is -0.774. The van der Waals surface area contributed by atoms with Gasteiger partial charge in [-0.25, -0.2) is 9.59 Å². The van der Waals surface area contributed by atoms with Crippen LogP contribution in [0.15, 0.2) is 30.3 Å². The number of Topliss-reactive ketones (excluding diaryl/α,β-unsaturated/α-hetero) is 1. The number of ether oxygens (including phenoxy) is 2. The summed E-state index contributed by atoms with van der Waals surface area (Å²) in [5.74, 6) is -2.10. The lowest BCUT2D eigenvalue weighted by molar-refractivity contribution is -0.128. The average Bonchev–Trinajstić information content (AvgIpc) is 3.00. The summed E-state index contributed by atoms with van der Waals surface area (Å²) in [6.07, 6.45) is 0.341. The van der Waals surface area contributed by atoms with E-state index in [1.165, 1.54) is 6.92 Å². The van der Waals surface area contributed by atoms with E-state index in [0.29, 0.717) is 17.7 Å². The summed E-state index contributed by atoms with van der Waals surface area (Å²) in [4.78, 5) is 51.3. The number of esters is 2. The van der Waals surface area contributed by atoms with Crippen LogP contribution in [-0.4, -0.2) is 47.9 Å². The maximum Gasteiger partial charge on any atom is 0.355 e. The number of hydrogen-bond acceptors (Lipinski definition) is 6. The molecule has 1 atom stereocenters. The number of aromatic amines is 1. The summed E-state index contributed by atoms with van der Waals surface area (Å²) >= 11 is 0. The predicted molar refractivity (Wildman–Crippen MR) is 109 cm³/mol. The molecule has 2 N–H and O–H groups in total. The SMILES string of the molecule is CCOC(=O)c1c(C)[nH]c(C(=O)OCC(=O)N[C@@H](Cc2ccccc2)C(C)=O)c1C. The molecule has 0 radical (unpaired) electrons. The second-order valence-electron chi connectivity index (χ2n) is 6.84. The summed E-state index contributed by atoms with van der Waals surface area (Å²) in [6.45, 7) is 5.98. The Hall–Kier alpha value is -3.42. The molecule has 8 heteroatoms. The van der Waals surface area contributed by atoms with Crippen LogP contribution in [-0.2, 0) is 25.5 Å². The summed E-state index contributed by atoms with van der Waals surface area (Å²) in [5, 5.41) is 2.59. The highest BCUT2D eigenvalue weighted by Crippen LogP contribution is 2.19. The van der Waals surface area contributed by atoms with Crippen LogP contribution < -0.4 is 5.32 Å². The monoisotopic (exact) mass is 414 g/mol. The van der Waals surface area contributed by atoms with Crippen LogP contribution in [0.3, 0.4) is 0 Å². The Bertz CT molecular complexity index is 933. The van der Waals surface area contributed by atoms with Gasteiger partial charge in [-0.3, -0.25) is 9.59 Å². The Balaban J connectivity index is 1.98. The van der Waals surface area contributed by atoms with Crippen molar-refractivity contribution < 1.29 is 28.7 Å². The van der Waals surface area contributed by atoms with Crippen molar-refractivity contribution in [2.75, 3.05) is 13.2 Å². The Morgan fingerprint density at radius 2 is 1.70 bits per heavy atom. The van der Waals surface area contributed by atoms with Crippen molar-refractivity contribution in [2.45, 2.75) is 40.2 Å². The maximum absolute atomic E-state index is 12.4. The molecule has 8 nitrogen and oxygen atoms in total. The molecule has 1 aromatic heterocycles. The third kappa shape index (κ3) is 5.79. The summed E-state index contributed by atoms with van der Waals surface area (Å²) in [6, 6.07) is 8.56. The van der Waals surface area contributed by atoms with E-state index in [-0.39, 0.29) is 23.6 Å². The van der Waals surface area contributed by atoms with Gasteiger partial charge < -0.3 is 19.8 Å². The van der Waals surface area contributed by atoms with Crippen LogP contribution in [0.4, 0.5) is 0 Å². The highest BCUT2D eigenvalue weighted by molar-refractivity contribution is 5.99. The van der Waals surface area contributed by atoms with Crippen molar-refractivity contribution >= 4 is 23.6 Å². The van der Waals surface area contributed by atoms with Crippen molar-refractivity contribution in [3.05, 3.63) is 58.4 Å². The Kier molecular flexibility index (Phi) is 7.91. The fourth-order valence-corrected chi connectivity index (χ4v) is 3.05. The quantitative estimate of drug-likeness (QED) is 0.609. The van der Waals surface area contributed by atoms with E-state index in [1.807, 2.05) is 30.3 Å². The number of carbonyl (C=O) groups is 4. The van der Waals surface area contributed by atoms with Gasteiger partial charge in [0.2, 0.25) is 0 Å². The number of amides is 1. The van der Waals surface area contributed by atoms with E-state index in [0.717, 1.165) is 5.56 Å². The van der Waals surface area contributed by atoms with Crippen molar-refractivity contribution in [1.29, 1.82) is 0 Å². The molecule has 2 rings (SSSR count). The molecule has 0 aliphatic carbocycles. The number of aromatic nitrogens is 1. The Morgan fingerprint density at radius 1 is 1.03 bits per heavy atom. The molecule has 160 valence electrons. The highest BCUT2D eigenvalue weighted by Gasteiger charge is 2.25. The van der Waals surface area contributed by atoms with E-state index < -0.39 is 30.5 Å². The molecule has 0 saturated heterocycles. The number of H-pyrrole nitrogens is 1. The largest absolute Gasteiger partial charge is 0.462 e. The van der Waals surface area contributed by atoms with Gasteiger partial charge in [-0.15, -0.1) is 0 Å². The van der Waals surface area contributed by atoms with Crippen molar-refractivity contribution in [3.8, 4) is 0 Å². The zero-order chi connectivity index (χ0) is 22.3. The molecule has 2 aromatic rings. The smallest absolute Gasteiger partial charge is 0.355 e. The number of hydrogen-bond donors (Lipinski definition) is 2. The van der Waals surface area contributed by atoms with Gasteiger partial charge in [-0.1, -0.05) is 30.3 Å². The number of carbonyl (C=O) groups excluding carboxylic acids is 4. The molecule has 0 aliphatic heterocycles. The average molecular weight is 414 g/mol. The van der Waals surface area contributed by atoms with Gasteiger partial charge in [0.05, 0.1) is 18.2 Å². The first-order chi connectivity index (χ1) is 14.2. The number of nitrogens with one attached hydrogen (secondary N) is 2. The van der Waals surface area contributed by atoms with Gasteiger partial charge in [0.25, 0.3) is 5.91 Å². The van der Waals surface area contributed by atoms with Gasteiger partial charge in [-0.05, 0) is 45.2 Å². The third-order valence-electron chi connectivity index (χ3n) is 4.56. The minimum Gasteiger partial charge on any atom is -0.462 e. The first kappa shape index (κ1) is 22.9. The van der Waals surface area contributed by atoms with E-state index in [2.05, 4.69) is 10.3 Å². The van der Waals surface area contributed by atoms with Gasteiger partial charge in [0.1, 0.15) is 5.69 Å². The summed E-state index contributed by atoms with van der Waals surface area (Å²) in [7, 11) is 0. The first-order valence-corrected chi connectivity index (χ1v) is 9.61. The molecule has 0 aliphatic rings. The Labute approximate surface area is 175 Å². The molecule has 0 bridgehead atoms. The van der Waals surface area contributed by atoms with Crippen LogP contribution in [0.5, 0.6) is 0 Å². The number of ketones is 1. The lowest BCUT2D eigenvalue weighted by Crippen LogP contribution is -2.43. The zero-order valence-corrected chi connectivity index (χ0v) is 17.5. The van der Waals surface area contributed by atoms with E-state index in [1.54, 1.807) is 20.8 Å². The minimum absolute atomic E-state index is 0.0794. The van der Waals surface area contributed by atoms with Gasteiger partial charge in [0, 0.05) is 5.69 Å². The van der Waals surface area contributed by atoms with Crippen LogP contribution >= 0.6 is 0 Å². The van der Waals surface area contributed by atoms with Crippen molar-refractivity contribution in [3.63, 3.8) is 0 Å². The molecule has 30 heavy (non-hydrogen) atoms. The van der Waals surface area contributed by atoms with Crippen LogP contribution in [0.25, 0.3) is 0 Å². The van der Waals surface area contributed by atoms with Crippen molar-refractivity contribution in [2.24, 2.45) is 0 Å². The fourth-order valence-electron chi connectivity index (χ4n) is 3.05. The first-order valence-electron chi connectivity index (χ1n) is 9.61. The van der Waals surface area contributed by atoms with Gasteiger partial charge >= 0.3 is 11.9 Å². The molecule has 1 amide bonds. The molecular weight excluding hydrogens is 388 g/mol. The molecular formula is C22H26N2O6. The predicted octanol–water partition coefficient (Wildman–Crippen LogP) is 2.28. The number of aryl methyl sites for hydroxylation is 1. The number of benzene rings is 1. The normalized spacial score (nSPS) is 11.5. The van der Waals surface area contributed by atoms with E-state index in [4.69, 9.17) is 9.47 Å². The lowest BCUT2D eigenvalue weighted by Gasteiger charge is -2.16.